The second-order valence-corrected chi connectivity index (χ2v) is 6.23. The molecule has 0 radical (unpaired) electrons. The number of nitrogens with one attached hydrogen (secondary N) is 1. The third-order valence-corrected chi connectivity index (χ3v) is 4.04. The number of rotatable bonds is 3. The van der Waals surface area contributed by atoms with Crippen molar-refractivity contribution < 1.29 is 0 Å². The molecule has 0 aliphatic rings. The highest BCUT2D eigenvalue weighted by Gasteiger charge is 2.08. The van der Waals surface area contributed by atoms with Crippen LogP contribution in [0.3, 0.4) is 0 Å². The average molecular weight is 271 g/mol. The minimum atomic E-state index is 1.22. The topological polar surface area (TPSA) is 12.0 Å². The third kappa shape index (κ3) is 3.27. The number of anilines is 1. The maximum absolute atomic E-state index is 3.60. The van der Waals surface area contributed by atoms with Gasteiger partial charge in [0.25, 0.3) is 0 Å². The molecule has 1 aromatic heterocycles. The molecular weight excluding hydrogens is 250 g/mol. The molecule has 0 amide bonds. The van der Waals surface area contributed by atoms with Crippen molar-refractivity contribution in [3.05, 3.63) is 57.5 Å². The zero-order chi connectivity index (χ0) is 14.0. The van der Waals surface area contributed by atoms with Gasteiger partial charge < -0.3 is 5.32 Å². The Morgan fingerprint density at radius 1 is 1.00 bits per heavy atom. The van der Waals surface area contributed by atoms with E-state index < -0.39 is 0 Å². The van der Waals surface area contributed by atoms with E-state index in [4.69, 9.17) is 0 Å². The van der Waals surface area contributed by atoms with Crippen molar-refractivity contribution in [2.24, 2.45) is 0 Å². The summed E-state index contributed by atoms with van der Waals surface area (Å²) < 4.78 is 0. The van der Waals surface area contributed by atoms with Crippen molar-refractivity contribution in [2.75, 3.05) is 5.32 Å². The summed E-state index contributed by atoms with van der Waals surface area (Å²) in [6, 6.07) is 8.84. The molecule has 0 spiro atoms. The lowest BCUT2D eigenvalue weighted by atomic mass is 10.0. The molecule has 1 heterocycles. The van der Waals surface area contributed by atoms with Crippen LogP contribution < -0.4 is 5.32 Å². The molecule has 0 aliphatic carbocycles. The molecule has 0 bridgehead atoms. The second-order valence-electron chi connectivity index (χ2n) is 5.31. The molecule has 100 valence electrons. The lowest BCUT2D eigenvalue weighted by Crippen LogP contribution is -2.01. The number of hydrogen-bond acceptors (Lipinski definition) is 2. The summed E-state index contributed by atoms with van der Waals surface area (Å²) in [6.07, 6.45) is 0. The fourth-order valence-corrected chi connectivity index (χ4v) is 3.04. The van der Waals surface area contributed by atoms with Crippen molar-refractivity contribution in [1.82, 2.24) is 0 Å². The molecule has 19 heavy (non-hydrogen) atoms. The Balaban J connectivity index is 2.42. The normalized spacial score (nSPS) is 10.4. The van der Waals surface area contributed by atoms with Gasteiger partial charge in [-0.05, 0) is 69.3 Å². The van der Waals surface area contributed by atoms with Gasteiger partial charge in [-0.25, -0.2) is 0 Å². The fraction of sp³-hybridized carbons (Fsp3) is 0.294. The largest absolute Gasteiger partial charge is 0.347 e. The van der Waals surface area contributed by atoms with E-state index in [1.807, 2.05) is 0 Å². The first kappa shape index (κ1) is 13.9. The molecule has 0 unspecified atom stereocenters. The molecule has 0 fully saturated rings. The summed E-state index contributed by atoms with van der Waals surface area (Å²) in [5.41, 5.74) is 7.70. The molecule has 0 saturated carbocycles. The second kappa shape index (κ2) is 5.62. The van der Waals surface area contributed by atoms with Crippen LogP contribution >= 0.6 is 11.3 Å². The monoisotopic (exact) mass is 271 g/mol. The number of aryl methyl sites for hydroxylation is 3. The van der Waals surface area contributed by atoms with Crippen LogP contribution in [0, 0.1) is 20.8 Å². The van der Waals surface area contributed by atoms with Crippen molar-refractivity contribution >= 4 is 22.0 Å². The average Bonchev–Trinajstić information content (AvgIpc) is 2.69. The molecule has 2 rings (SSSR count). The van der Waals surface area contributed by atoms with Crippen LogP contribution in [0.1, 0.15) is 36.1 Å². The van der Waals surface area contributed by atoms with E-state index in [0.29, 0.717) is 0 Å². The van der Waals surface area contributed by atoms with E-state index in [1.165, 1.54) is 38.5 Å². The van der Waals surface area contributed by atoms with E-state index in [9.17, 15) is 0 Å². The smallest absolute Gasteiger partial charge is 0.0956 e. The zero-order valence-corrected chi connectivity index (χ0v) is 13.1. The molecule has 0 saturated heterocycles. The van der Waals surface area contributed by atoms with Crippen molar-refractivity contribution in [3.8, 4) is 0 Å². The Labute approximate surface area is 120 Å². The van der Waals surface area contributed by atoms with Crippen molar-refractivity contribution in [2.45, 2.75) is 34.6 Å². The molecule has 1 nitrogen and oxygen atoms in total. The number of allylic oxidation sites excluding steroid dienone is 1. The highest BCUT2D eigenvalue weighted by atomic mass is 32.1. The quantitative estimate of drug-likeness (QED) is 0.773. The van der Waals surface area contributed by atoms with Gasteiger partial charge in [-0.3, -0.25) is 0 Å². The first-order valence-electron chi connectivity index (χ1n) is 6.54. The number of benzene rings is 1. The third-order valence-electron chi connectivity index (χ3n) is 3.11. The van der Waals surface area contributed by atoms with E-state index in [1.54, 1.807) is 11.3 Å². The Morgan fingerprint density at radius 2 is 1.63 bits per heavy atom. The van der Waals surface area contributed by atoms with Gasteiger partial charge in [-0.2, -0.15) is 0 Å². The van der Waals surface area contributed by atoms with Gasteiger partial charge in [0.1, 0.15) is 0 Å². The van der Waals surface area contributed by atoms with Crippen LogP contribution in [0.2, 0.25) is 0 Å². The van der Waals surface area contributed by atoms with E-state index in [-0.39, 0.29) is 0 Å². The molecule has 2 aromatic rings. The highest BCUT2D eigenvalue weighted by Crippen LogP contribution is 2.29. The summed E-state index contributed by atoms with van der Waals surface area (Å²) in [4.78, 5) is 0. The Kier molecular flexibility index (Phi) is 4.11. The first-order valence-corrected chi connectivity index (χ1v) is 7.42. The minimum absolute atomic E-state index is 1.22. The van der Waals surface area contributed by atoms with E-state index in [2.05, 4.69) is 69.6 Å². The maximum Gasteiger partial charge on any atom is 0.0956 e. The minimum Gasteiger partial charge on any atom is -0.347 e. The first-order chi connectivity index (χ1) is 8.97. The van der Waals surface area contributed by atoms with Gasteiger partial charge >= 0.3 is 0 Å². The van der Waals surface area contributed by atoms with Gasteiger partial charge in [-0.1, -0.05) is 22.8 Å². The van der Waals surface area contributed by atoms with Crippen LogP contribution in [0.25, 0.3) is 5.70 Å². The summed E-state index contributed by atoms with van der Waals surface area (Å²) in [7, 11) is 0. The Morgan fingerprint density at radius 3 is 2.11 bits per heavy atom. The predicted octanol–water partition coefficient (Wildman–Crippen LogP) is 5.54. The molecule has 0 atom stereocenters. The van der Waals surface area contributed by atoms with Crippen LogP contribution in [-0.2, 0) is 0 Å². The van der Waals surface area contributed by atoms with Gasteiger partial charge in [0.05, 0.1) is 5.00 Å². The molecule has 0 aliphatic heterocycles. The molecule has 2 heteroatoms. The Bertz CT molecular complexity index is 596. The summed E-state index contributed by atoms with van der Waals surface area (Å²) in [5, 5.41) is 6.95. The molecule has 1 aromatic carbocycles. The fourth-order valence-electron chi connectivity index (χ4n) is 2.22. The predicted molar refractivity (Wildman–Crippen MR) is 86.9 cm³/mol. The van der Waals surface area contributed by atoms with Gasteiger partial charge in [-0.15, -0.1) is 11.3 Å². The van der Waals surface area contributed by atoms with Crippen molar-refractivity contribution in [1.29, 1.82) is 0 Å². The maximum atomic E-state index is 3.60. The highest BCUT2D eigenvalue weighted by molar-refractivity contribution is 7.14. The van der Waals surface area contributed by atoms with Gasteiger partial charge in [0.15, 0.2) is 0 Å². The summed E-state index contributed by atoms with van der Waals surface area (Å²) >= 11 is 1.75. The van der Waals surface area contributed by atoms with E-state index >= 15 is 0 Å². The van der Waals surface area contributed by atoms with Crippen LogP contribution in [0.4, 0.5) is 5.00 Å². The van der Waals surface area contributed by atoms with Crippen molar-refractivity contribution in [3.63, 3.8) is 0 Å². The van der Waals surface area contributed by atoms with Crippen LogP contribution in [-0.4, -0.2) is 0 Å². The van der Waals surface area contributed by atoms with Crippen LogP contribution in [0.5, 0.6) is 0 Å². The lowest BCUT2D eigenvalue weighted by Gasteiger charge is -2.14. The van der Waals surface area contributed by atoms with Crippen LogP contribution in [0.15, 0.2) is 35.2 Å². The lowest BCUT2D eigenvalue weighted by molar-refractivity contribution is 1.32. The SMILES string of the molecule is CC(C)=C(Nc1sccc1C)c1cc(C)cc(C)c1. The number of hydrogen-bond donors (Lipinski definition) is 1. The molecule has 1 N–H and O–H groups in total. The van der Waals surface area contributed by atoms with E-state index in [0.717, 1.165) is 0 Å². The Hall–Kier alpha value is -1.54. The summed E-state index contributed by atoms with van der Waals surface area (Å²) in [6.45, 7) is 10.7. The standard InChI is InChI=1S/C17H21NS/c1-11(2)16(18-17-14(5)6-7-19-17)15-9-12(3)8-13(4)10-15/h6-10,18H,1-5H3. The van der Waals surface area contributed by atoms with Gasteiger partial charge in [0.2, 0.25) is 0 Å². The van der Waals surface area contributed by atoms with Gasteiger partial charge in [0, 0.05) is 5.70 Å². The number of thiophene rings is 1. The zero-order valence-electron chi connectivity index (χ0n) is 12.3. The summed E-state index contributed by atoms with van der Waals surface area (Å²) in [5.74, 6) is 0. The molecular formula is C17H21NS.